The second kappa shape index (κ2) is 4.66. The van der Waals surface area contributed by atoms with E-state index in [0.717, 1.165) is 12.2 Å². The molecule has 1 unspecified atom stereocenters. The van der Waals surface area contributed by atoms with Crippen LogP contribution in [0, 0.1) is 0 Å². The summed E-state index contributed by atoms with van der Waals surface area (Å²) in [6.07, 6.45) is 4.78. The van der Waals surface area contributed by atoms with Gasteiger partial charge in [-0.2, -0.15) is 0 Å². The number of allylic oxidation sites excluding steroid dienone is 1. The minimum Gasteiger partial charge on any atom is -0.381 e. The molecule has 3 heteroatoms. The van der Waals surface area contributed by atoms with Gasteiger partial charge in [-0.1, -0.05) is 30.3 Å². The summed E-state index contributed by atoms with van der Waals surface area (Å²) in [5, 5.41) is 15.3. The van der Waals surface area contributed by atoms with Gasteiger partial charge in [0, 0.05) is 18.4 Å². The third kappa shape index (κ3) is 2.86. The molecule has 0 saturated carbocycles. The van der Waals surface area contributed by atoms with Crippen LogP contribution in [0.2, 0.25) is 0 Å². The molecule has 1 aromatic rings. The lowest BCUT2D eigenvalue weighted by atomic mass is 10.2. The van der Waals surface area contributed by atoms with Gasteiger partial charge in [-0.3, -0.25) is 0 Å². The molecule has 0 aliphatic carbocycles. The van der Waals surface area contributed by atoms with Crippen LogP contribution in [0.5, 0.6) is 0 Å². The summed E-state index contributed by atoms with van der Waals surface area (Å²) < 4.78 is 0. The van der Waals surface area contributed by atoms with Gasteiger partial charge < -0.3 is 15.7 Å². The van der Waals surface area contributed by atoms with Crippen molar-refractivity contribution in [2.24, 2.45) is 0 Å². The molecule has 1 aliphatic heterocycles. The molecule has 1 aromatic carbocycles. The summed E-state index contributed by atoms with van der Waals surface area (Å²) in [7, 11) is 0. The van der Waals surface area contributed by atoms with Crippen LogP contribution in [0.1, 0.15) is 5.56 Å². The van der Waals surface area contributed by atoms with Gasteiger partial charge in [0.1, 0.15) is 6.23 Å². The van der Waals surface area contributed by atoms with E-state index in [2.05, 4.69) is 22.8 Å². The molecule has 3 nitrogen and oxygen atoms in total. The highest BCUT2D eigenvalue weighted by atomic mass is 16.3. The molecule has 1 heterocycles. The van der Waals surface area contributed by atoms with Crippen LogP contribution in [0.3, 0.4) is 0 Å². The number of aliphatic hydroxyl groups is 1. The van der Waals surface area contributed by atoms with Gasteiger partial charge >= 0.3 is 0 Å². The number of hydrogen-bond acceptors (Lipinski definition) is 3. The zero-order chi connectivity index (χ0) is 10.5. The average molecular weight is 202 g/mol. The molecular weight excluding hydrogens is 188 g/mol. The van der Waals surface area contributed by atoms with Gasteiger partial charge in [-0.05, 0) is 17.7 Å². The summed E-state index contributed by atoms with van der Waals surface area (Å²) in [6, 6.07) is 10.2. The summed E-state index contributed by atoms with van der Waals surface area (Å²) in [5.74, 6) is 0. The first-order valence-corrected chi connectivity index (χ1v) is 4.95. The summed E-state index contributed by atoms with van der Waals surface area (Å²) >= 11 is 0. The van der Waals surface area contributed by atoms with Crippen molar-refractivity contribution in [2.45, 2.75) is 12.8 Å². The number of aliphatic hydroxyl groups excluding tert-OH is 1. The van der Waals surface area contributed by atoms with E-state index in [-0.39, 0.29) is 0 Å². The first kappa shape index (κ1) is 9.80. The molecule has 1 atom stereocenters. The molecule has 78 valence electrons. The van der Waals surface area contributed by atoms with E-state index < -0.39 is 6.23 Å². The Morgan fingerprint density at radius 2 is 2.07 bits per heavy atom. The van der Waals surface area contributed by atoms with Crippen molar-refractivity contribution in [3.05, 3.63) is 59.9 Å². The van der Waals surface area contributed by atoms with E-state index in [1.165, 1.54) is 5.56 Å². The Morgan fingerprint density at radius 3 is 2.80 bits per heavy atom. The summed E-state index contributed by atoms with van der Waals surface area (Å²) in [6.45, 7) is 0.768. The molecule has 0 amide bonds. The van der Waals surface area contributed by atoms with Crippen LogP contribution in [-0.4, -0.2) is 11.3 Å². The fourth-order valence-electron chi connectivity index (χ4n) is 1.43. The van der Waals surface area contributed by atoms with Gasteiger partial charge in [-0.15, -0.1) is 0 Å². The van der Waals surface area contributed by atoms with Crippen molar-refractivity contribution in [1.82, 2.24) is 10.6 Å². The van der Waals surface area contributed by atoms with Gasteiger partial charge in [0.25, 0.3) is 0 Å². The molecule has 0 spiro atoms. The van der Waals surface area contributed by atoms with Crippen molar-refractivity contribution < 1.29 is 5.11 Å². The van der Waals surface area contributed by atoms with E-state index in [1.807, 2.05) is 24.3 Å². The van der Waals surface area contributed by atoms with Gasteiger partial charge in [0.2, 0.25) is 0 Å². The lowest BCUT2D eigenvalue weighted by molar-refractivity contribution is 0.199. The van der Waals surface area contributed by atoms with Crippen LogP contribution in [0.15, 0.2) is 54.4 Å². The lowest BCUT2D eigenvalue weighted by Crippen LogP contribution is -2.27. The quantitative estimate of drug-likeness (QED) is 0.687. The molecule has 15 heavy (non-hydrogen) atoms. The largest absolute Gasteiger partial charge is 0.381 e. The Labute approximate surface area is 89.1 Å². The van der Waals surface area contributed by atoms with Crippen molar-refractivity contribution in [3.63, 3.8) is 0 Å². The van der Waals surface area contributed by atoms with Crippen molar-refractivity contribution in [1.29, 1.82) is 0 Å². The zero-order valence-corrected chi connectivity index (χ0v) is 8.35. The van der Waals surface area contributed by atoms with Crippen molar-refractivity contribution >= 4 is 0 Å². The third-order valence-electron chi connectivity index (χ3n) is 2.21. The zero-order valence-electron chi connectivity index (χ0n) is 8.35. The molecule has 0 radical (unpaired) electrons. The normalized spacial score (nSPS) is 19.3. The SMILES string of the molecule is OC1C=C(NCc2ccccc2)C=CN1. The number of hydrogen-bond donors (Lipinski definition) is 3. The first-order valence-electron chi connectivity index (χ1n) is 4.95. The summed E-state index contributed by atoms with van der Waals surface area (Å²) in [4.78, 5) is 0. The smallest absolute Gasteiger partial charge is 0.145 e. The van der Waals surface area contributed by atoms with Crippen LogP contribution >= 0.6 is 0 Å². The molecule has 0 bridgehead atoms. The topological polar surface area (TPSA) is 44.3 Å². The number of rotatable bonds is 3. The van der Waals surface area contributed by atoms with E-state index >= 15 is 0 Å². The van der Waals surface area contributed by atoms with E-state index in [0.29, 0.717) is 0 Å². The minimum atomic E-state index is -0.590. The average Bonchev–Trinajstić information content (AvgIpc) is 2.28. The molecular formula is C12H14N2O. The Kier molecular flexibility index (Phi) is 3.05. The Morgan fingerprint density at radius 1 is 1.27 bits per heavy atom. The molecule has 0 saturated heterocycles. The Bertz CT molecular complexity index is 370. The molecule has 0 aromatic heterocycles. The van der Waals surface area contributed by atoms with Gasteiger partial charge in [0.05, 0.1) is 0 Å². The maximum Gasteiger partial charge on any atom is 0.145 e. The lowest BCUT2D eigenvalue weighted by Gasteiger charge is -2.15. The third-order valence-corrected chi connectivity index (χ3v) is 2.21. The number of dihydropyridines is 1. The van der Waals surface area contributed by atoms with Crippen LogP contribution < -0.4 is 10.6 Å². The predicted molar refractivity (Wildman–Crippen MR) is 59.6 cm³/mol. The fourth-order valence-corrected chi connectivity index (χ4v) is 1.43. The van der Waals surface area contributed by atoms with Crippen molar-refractivity contribution in [2.75, 3.05) is 0 Å². The van der Waals surface area contributed by atoms with Gasteiger partial charge in [-0.25, -0.2) is 0 Å². The van der Waals surface area contributed by atoms with Crippen LogP contribution in [-0.2, 0) is 6.54 Å². The highest BCUT2D eigenvalue weighted by Gasteiger charge is 2.03. The van der Waals surface area contributed by atoms with Crippen LogP contribution in [0.25, 0.3) is 0 Å². The van der Waals surface area contributed by atoms with Crippen LogP contribution in [0.4, 0.5) is 0 Å². The highest BCUT2D eigenvalue weighted by molar-refractivity contribution is 5.23. The fraction of sp³-hybridized carbons (Fsp3) is 0.167. The molecule has 3 N–H and O–H groups in total. The standard InChI is InChI=1S/C12H14N2O/c15-12-8-11(6-7-13-12)14-9-10-4-2-1-3-5-10/h1-8,12-15H,9H2. The Balaban J connectivity index is 1.91. The van der Waals surface area contributed by atoms with Gasteiger partial charge in [0.15, 0.2) is 0 Å². The molecule has 1 aliphatic rings. The van der Waals surface area contributed by atoms with Crippen molar-refractivity contribution in [3.8, 4) is 0 Å². The first-order chi connectivity index (χ1) is 7.34. The second-order valence-corrected chi connectivity index (χ2v) is 3.41. The maximum atomic E-state index is 9.30. The predicted octanol–water partition coefficient (Wildman–Crippen LogP) is 1.10. The molecule has 0 fully saturated rings. The molecule has 2 rings (SSSR count). The van der Waals surface area contributed by atoms with E-state index in [1.54, 1.807) is 12.3 Å². The maximum absolute atomic E-state index is 9.30. The Hall–Kier alpha value is -1.74. The second-order valence-electron chi connectivity index (χ2n) is 3.41. The van der Waals surface area contributed by atoms with E-state index in [9.17, 15) is 5.11 Å². The minimum absolute atomic E-state index is 0.590. The number of benzene rings is 1. The summed E-state index contributed by atoms with van der Waals surface area (Å²) in [5.41, 5.74) is 2.16. The van der Waals surface area contributed by atoms with E-state index in [4.69, 9.17) is 0 Å². The highest BCUT2D eigenvalue weighted by Crippen LogP contribution is 2.03. The number of nitrogens with one attached hydrogen (secondary N) is 2. The monoisotopic (exact) mass is 202 g/mol.